The van der Waals surface area contributed by atoms with E-state index in [9.17, 15) is 4.39 Å². The zero-order valence-electron chi connectivity index (χ0n) is 11.2. The number of H-pyrrole nitrogens is 1. The van der Waals surface area contributed by atoms with Crippen molar-refractivity contribution < 1.29 is 4.39 Å². The molecule has 0 aliphatic heterocycles. The summed E-state index contributed by atoms with van der Waals surface area (Å²) < 4.78 is 14.5. The van der Waals surface area contributed by atoms with E-state index in [1.54, 1.807) is 6.07 Å². The molecule has 1 aromatic carbocycles. The Kier molecular flexibility index (Phi) is 4.33. The van der Waals surface area contributed by atoms with Gasteiger partial charge in [0.1, 0.15) is 16.3 Å². The van der Waals surface area contributed by atoms with Gasteiger partial charge in [0.05, 0.1) is 9.50 Å². The largest absolute Gasteiger partial charge is 0.342 e. The SMILES string of the molecule is CC(C)(C)c1[nH]c(-c2ccc(F)c(Cl)c2)nc(=S)c1Br. The molecule has 6 heteroatoms. The van der Waals surface area contributed by atoms with Crippen molar-refractivity contribution in [2.75, 3.05) is 0 Å². The van der Waals surface area contributed by atoms with Crippen molar-refractivity contribution in [3.05, 3.63) is 43.8 Å². The van der Waals surface area contributed by atoms with Crippen molar-refractivity contribution in [1.82, 2.24) is 9.97 Å². The Labute approximate surface area is 135 Å². The highest BCUT2D eigenvalue weighted by atomic mass is 79.9. The number of hydrogen-bond donors (Lipinski definition) is 1. The van der Waals surface area contributed by atoms with E-state index in [-0.39, 0.29) is 10.4 Å². The number of benzene rings is 1. The predicted molar refractivity (Wildman–Crippen MR) is 86.2 cm³/mol. The first kappa shape index (κ1) is 15.6. The molecule has 20 heavy (non-hydrogen) atoms. The maximum Gasteiger partial charge on any atom is 0.144 e. The van der Waals surface area contributed by atoms with Gasteiger partial charge in [-0.2, -0.15) is 0 Å². The standard InChI is InChI=1S/C14H13BrClFN2S/c1-14(2,3)11-10(15)13(20)19-12(18-11)7-4-5-9(17)8(16)6-7/h4-6H,1-3H3,(H,18,19,20). The summed E-state index contributed by atoms with van der Waals surface area (Å²) >= 11 is 14.5. The molecule has 2 nitrogen and oxygen atoms in total. The first-order chi connectivity index (χ1) is 9.20. The quantitative estimate of drug-likeness (QED) is 0.652. The van der Waals surface area contributed by atoms with Crippen LogP contribution in [0.2, 0.25) is 5.02 Å². The number of rotatable bonds is 1. The van der Waals surface area contributed by atoms with Crippen LogP contribution in [0.4, 0.5) is 4.39 Å². The number of hydrogen-bond acceptors (Lipinski definition) is 2. The third-order valence-electron chi connectivity index (χ3n) is 2.81. The van der Waals surface area contributed by atoms with Crippen LogP contribution in [-0.2, 0) is 5.41 Å². The van der Waals surface area contributed by atoms with Crippen molar-refractivity contribution in [2.45, 2.75) is 26.2 Å². The van der Waals surface area contributed by atoms with Gasteiger partial charge < -0.3 is 4.98 Å². The molecular weight excluding hydrogens is 363 g/mol. The van der Waals surface area contributed by atoms with Gasteiger partial charge in [0.2, 0.25) is 0 Å². The molecule has 1 N–H and O–H groups in total. The van der Waals surface area contributed by atoms with Gasteiger partial charge in [-0.25, -0.2) is 9.37 Å². The molecule has 0 spiro atoms. The van der Waals surface area contributed by atoms with E-state index in [4.69, 9.17) is 23.8 Å². The van der Waals surface area contributed by atoms with Crippen molar-refractivity contribution in [3.63, 3.8) is 0 Å². The van der Waals surface area contributed by atoms with Crippen LogP contribution in [0.3, 0.4) is 0 Å². The van der Waals surface area contributed by atoms with E-state index in [0.29, 0.717) is 16.0 Å². The fraction of sp³-hybridized carbons (Fsp3) is 0.286. The molecule has 0 bridgehead atoms. The van der Waals surface area contributed by atoms with Crippen LogP contribution in [-0.4, -0.2) is 9.97 Å². The second-order valence-electron chi connectivity index (χ2n) is 5.46. The number of nitrogens with zero attached hydrogens (tertiary/aromatic N) is 1. The molecule has 1 heterocycles. The minimum Gasteiger partial charge on any atom is -0.342 e. The van der Waals surface area contributed by atoms with E-state index < -0.39 is 5.82 Å². The van der Waals surface area contributed by atoms with Gasteiger partial charge in [0.15, 0.2) is 0 Å². The molecule has 0 radical (unpaired) electrons. The smallest absolute Gasteiger partial charge is 0.144 e. The fourth-order valence-corrected chi connectivity index (χ4v) is 2.91. The monoisotopic (exact) mass is 374 g/mol. The molecule has 0 aliphatic carbocycles. The minimum absolute atomic E-state index is 0.0591. The molecule has 0 fully saturated rings. The zero-order valence-corrected chi connectivity index (χ0v) is 14.4. The molecule has 2 rings (SSSR count). The average molecular weight is 376 g/mol. The second-order valence-corrected chi connectivity index (χ2v) is 7.05. The Bertz CT molecular complexity index is 722. The van der Waals surface area contributed by atoms with Crippen LogP contribution in [0.5, 0.6) is 0 Å². The Morgan fingerprint density at radius 2 is 2.00 bits per heavy atom. The lowest BCUT2D eigenvalue weighted by Crippen LogP contribution is -2.16. The predicted octanol–water partition coefficient (Wildman–Crippen LogP) is 5.66. The van der Waals surface area contributed by atoms with Gasteiger partial charge in [-0.1, -0.05) is 44.6 Å². The maximum atomic E-state index is 13.2. The van der Waals surface area contributed by atoms with Gasteiger partial charge in [0.25, 0.3) is 0 Å². The summed E-state index contributed by atoms with van der Waals surface area (Å²) in [5, 5.41) is 0.0591. The van der Waals surface area contributed by atoms with E-state index >= 15 is 0 Å². The van der Waals surface area contributed by atoms with E-state index in [2.05, 4.69) is 46.7 Å². The van der Waals surface area contributed by atoms with Crippen molar-refractivity contribution in [3.8, 4) is 11.4 Å². The molecular formula is C14H13BrClFN2S. The number of nitrogens with one attached hydrogen (secondary N) is 1. The lowest BCUT2D eigenvalue weighted by atomic mass is 9.92. The van der Waals surface area contributed by atoms with Gasteiger partial charge in [-0.3, -0.25) is 0 Å². The van der Waals surface area contributed by atoms with Crippen molar-refractivity contribution in [1.29, 1.82) is 0 Å². The summed E-state index contributed by atoms with van der Waals surface area (Å²) in [6.45, 7) is 6.21. The average Bonchev–Trinajstić information content (AvgIpc) is 2.34. The first-order valence-electron chi connectivity index (χ1n) is 5.96. The third-order valence-corrected chi connectivity index (χ3v) is 4.43. The third kappa shape index (κ3) is 3.10. The molecule has 0 amide bonds. The number of aromatic nitrogens is 2. The van der Waals surface area contributed by atoms with E-state index in [1.807, 2.05) is 0 Å². The summed E-state index contributed by atoms with van der Waals surface area (Å²) in [4.78, 5) is 7.57. The van der Waals surface area contributed by atoms with Crippen molar-refractivity contribution >= 4 is 39.7 Å². The van der Waals surface area contributed by atoms with Gasteiger partial charge in [0, 0.05) is 16.7 Å². The normalized spacial score (nSPS) is 11.7. The van der Waals surface area contributed by atoms with Crippen LogP contribution in [0.1, 0.15) is 26.5 Å². The van der Waals surface area contributed by atoms with Crippen LogP contribution < -0.4 is 0 Å². The Hall–Kier alpha value is -0.780. The molecule has 0 saturated carbocycles. The zero-order chi connectivity index (χ0) is 15.1. The highest BCUT2D eigenvalue weighted by Gasteiger charge is 2.20. The van der Waals surface area contributed by atoms with Gasteiger partial charge in [-0.05, 0) is 34.1 Å². The van der Waals surface area contributed by atoms with Crippen molar-refractivity contribution in [2.24, 2.45) is 0 Å². The summed E-state index contributed by atoms with van der Waals surface area (Å²) in [7, 11) is 0. The van der Waals surface area contributed by atoms with Gasteiger partial charge in [-0.15, -0.1) is 0 Å². The van der Waals surface area contributed by atoms with Crippen LogP contribution in [0.15, 0.2) is 22.7 Å². The lowest BCUT2D eigenvalue weighted by Gasteiger charge is -2.21. The van der Waals surface area contributed by atoms with Crippen LogP contribution in [0.25, 0.3) is 11.4 Å². The molecule has 1 aromatic heterocycles. The molecule has 0 atom stereocenters. The van der Waals surface area contributed by atoms with Crippen LogP contribution in [0, 0.1) is 10.5 Å². The highest BCUT2D eigenvalue weighted by Crippen LogP contribution is 2.31. The Balaban J connectivity index is 2.67. The lowest BCUT2D eigenvalue weighted by molar-refractivity contribution is 0.563. The first-order valence-corrected chi connectivity index (χ1v) is 7.54. The molecule has 0 saturated heterocycles. The molecule has 0 aliphatic rings. The maximum absolute atomic E-state index is 13.2. The molecule has 106 valence electrons. The summed E-state index contributed by atoms with van der Waals surface area (Å²) in [5.41, 5.74) is 1.50. The number of halogens is 3. The Morgan fingerprint density at radius 1 is 1.35 bits per heavy atom. The number of aromatic amines is 1. The fourth-order valence-electron chi connectivity index (χ4n) is 1.76. The summed E-state index contributed by atoms with van der Waals surface area (Å²) in [6.07, 6.45) is 0. The van der Waals surface area contributed by atoms with E-state index in [0.717, 1.165) is 10.2 Å². The topological polar surface area (TPSA) is 28.7 Å². The van der Waals surface area contributed by atoms with E-state index in [1.165, 1.54) is 12.1 Å². The Morgan fingerprint density at radius 3 is 2.55 bits per heavy atom. The minimum atomic E-state index is -0.456. The molecule has 0 unspecified atom stereocenters. The summed E-state index contributed by atoms with van der Waals surface area (Å²) in [5.74, 6) is 0.118. The van der Waals surface area contributed by atoms with Gasteiger partial charge >= 0.3 is 0 Å². The second kappa shape index (κ2) is 5.54. The van der Waals surface area contributed by atoms with Crippen LogP contribution >= 0.6 is 39.7 Å². The molecule has 2 aromatic rings. The summed E-state index contributed by atoms with van der Waals surface area (Å²) in [6, 6.07) is 4.47. The highest BCUT2D eigenvalue weighted by molar-refractivity contribution is 9.10.